The van der Waals surface area contributed by atoms with Crippen molar-refractivity contribution in [1.29, 1.82) is 0 Å². The van der Waals surface area contributed by atoms with Crippen molar-refractivity contribution >= 4 is 32.6 Å². The minimum Gasteiger partial charge on any atom is -0.357 e. The molecule has 30 heavy (non-hydrogen) atoms. The van der Waals surface area contributed by atoms with E-state index in [1.165, 1.54) is 4.80 Å². The Morgan fingerprint density at radius 3 is 2.73 bits per heavy atom. The molecule has 5 rings (SSSR count). The van der Waals surface area contributed by atoms with Gasteiger partial charge in [-0.2, -0.15) is 15.0 Å². The van der Waals surface area contributed by atoms with Crippen LogP contribution in [0.2, 0.25) is 0 Å². The minimum atomic E-state index is -0.103. The summed E-state index contributed by atoms with van der Waals surface area (Å²) in [5.74, 6) is -0.103. The zero-order chi connectivity index (χ0) is 20.5. The fraction of sp³-hybridized carbons (Fsp3) is 0.273. The van der Waals surface area contributed by atoms with Crippen molar-refractivity contribution in [3.05, 3.63) is 66.0 Å². The largest absolute Gasteiger partial charge is 0.357 e. The Labute approximate surface area is 178 Å². The molecule has 0 unspecified atom stereocenters. The van der Waals surface area contributed by atoms with Crippen LogP contribution in [0.25, 0.3) is 15.9 Å². The molecule has 0 bridgehead atoms. The van der Waals surface area contributed by atoms with Gasteiger partial charge in [0.15, 0.2) is 5.13 Å². The van der Waals surface area contributed by atoms with E-state index in [9.17, 15) is 4.79 Å². The number of aromatic nitrogens is 4. The monoisotopic (exact) mass is 418 g/mol. The first-order chi connectivity index (χ1) is 14.7. The third-order valence-electron chi connectivity index (χ3n) is 5.47. The van der Waals surface area contributed by atoms with E-state index in [-0.39, 0.29) is 18.0 Å². The Kier molecular flexibility index (Phi) is 4.92. The summed E-state index contributed by atoms with van der Waals surface area (Å²) in [7, 11) is 0. The number of benzene rings is 2. The summed E-state index contributed by atoms with van der Waals surface area (Å²) in [6, 6.07) is 14.1. The second kappa shape index (κ2) is 7.87. The molecule has 1 saturated carbocycles. The molecule has 1 aliphatic carbocycles. The second-order valence-electron chi connectivity index (χ2n) is 7.59. The van der Waals surface area contributed by atoms with E-state index in [0.29, 0.717) is 11.3 Å². The van der Waals surface area contributed by atoms with Crippen molar-refractivity contribution in [1.82, 2.24) is 25.3 Å². The SMILES string of the molecule is Cc1ccc(-n2nccn2)c(C(=O)N[C@H]2CCC[C@@H]2Nc2nc3ccccc3s2)c1. The first-order valence-electron chi connectivity index (χ1n) is 10.1. The number of fused-ring (bicyclic) bond motifs is 1. The lowest BCUT2D eigenvalue weighted by Crippen LogP contribution is -2.43. The molecule has 0 aliphatic heterocycles. The Balaban J connectivity index is 1.35. The highest BCUT2D eigenvalue weighted by Crippen LogP contribution is 2.29. The van der Waals surface area contributed by atoms with Crippen molar-refractivity contribution in [2.24, 2.45) is 0 Å². The summed E-state index contributed by atoms with van der Waals surface area (Å²) in [5, 5.41) is 16.1. The molecule has 4 aromatic rings. The number of anilines is 1. The van der Waals surface area contributed by atoms with Crippen LogP contribution < -0.4 is 10.6 Å². The number of nitrogens with zero attached hydrogens (tertiary/aromatic N) is 4. The van der Waals surface area contributed by atoms with Gasteiger partial charge in [0.25, 0.3) is 5.91 Å². The Hall–Kier alpha value is -3.26. The van der Waals surface area contributed by atoms with Gasteiger partial charge in [0.2, 0.25) is 0 Å². The summed E-state index contributed by atoms with van der Waals surface area (Å²) in [4.78, 5) is 19.4. The summed E-state index contributed by atoms with van der Waals surface area (Å²) < 4.78 is 1.16. The molecule has 0 radical (unpaired) electrons. The summed E-state index contributed by atoms with van der Waals surface area (Å²) >= 11 is 1.65. The molecule has 1 aliphatic rings. The van der Waals surface area contributed by atoms with Crippen LogP contribution in [0.4, 0.5) is 5.13 Å². The van der Waals surface area contributed by atoms with Crippen molar-refractivity contribution < 1.29 is 4.79 Å². The van der Waals surface area contributed by atoms with E-state index in [2.05, 4.69) is 31.9 Å². The van der Waals surface area contributed by atoms with Gasteiger partial charge in [0.1, 0.15) is 0 Å². The number of hydrogen-bond donors (Lipinski definition) is 2. The predicted octanol–water partition coefficient (Wildman–Crippen LogP) is 3.95. The highest BCUT2D eigenvalue weighted by molar-refractivity contribution is 7.22. The normalized spacial score (nSPS) is 18.6. The standard InChI is InChI=1S/C22H22N6OS/c1-14-9-10-19(28-23-11-12-24-28)15(13-14)21(29)25-16-6-4-7-17(16)26-22-27-18-5-2-3-8-20(18)30-22/h2-3,5,8-13,16-17H,4,6-7H2,1H3,(H,25,29)(H,26,27)/t16-,17-/m0/s1. The van der Waals surface area contributed by atoms with Crippen LogP contribution in [-0.2, 0) is 0 Å². The zero-order valence-electron chi connectivity index (χ0n) is 16.6. The van der Waals surface area contributed by atoms with Gasteiger partial charge < -0.3 is 10.6 Å². The maximum atomic E-state index is 13.2. The average Bonchev–Trinajstić information content (AvgIpc) is 3.49. The first kappa shape index (κ1) is 18.7. The van der Waals surface area contributed by atoms with E-state index in [4.69, 9.17) is 0 Å². The lowest BCUT2D eigenvalue weighted by atomic mass is 10.1. The summed E-state index contributed by atoms with van der Waals surface area (Å²) in [6.07, 6.45) is 6.22. The number of hydrogen-bond acceptors (Lipinski definition) is 6. The topological polar surface area (TPSA) is 84.7 Å². The van der Waals surface area contributed by atoms with Crippen LogP contribution in [-0.4, -0.2) is 38.0 Å². The van der Waals surface area contributed by atoms with Gasteiger partial charge in [-0.05, 0) is 50.5 Å². The number of nitrogens with one attached hydrogen (secondary N) is 2. The Morgan fingerprint density at radius 2 is 1.90 bits per heavy atom. The molecule has 2 aromatic carbocycles. The minimum absolute atomic E-state index is 0.0449. The molecule has 2 atom stereocenters. The smallest absolute Gasteiger partial charge is 0.253 e. The predicted molar refractivity (Wildman–Crippen MR) is 118 cm³/mol. The fourth-order valence-electron chi connectivity index (χ4n) is 3.99. The second-order valence-corrected chi connectivity index (χ2v) is 8.62. The lowest BCUT2D eigenvalue weighted by molar-refractivity contribution is 0.0935. The van der Waals surface area contributed by atoms with E-state index in [0.717, 1.165) is 40.2 Å². The molecule has 1 fully saturated rings. The van der Waals surface area contributed by atoms with Gasteiger partial charge >= 0.3 is 0 Å². The fourth-order valence-corrected chi connectivity index (χ4v) is 4.92. The first-order valence-corrected chi connectivity index (χ1v) is 10.9. The number of thiazole rings is 1. The number of amides is 1. The van der Waals surface area contributed by atoms with Gasteiger partial charge in [0.05, 0.1) is 33.9 Å². The summed E-state index contributed by atoms with van der Waals surface area (Å²) in [6.45, 7) is 1.98. The van der Waals surface area contributed by atoms with Crippen LogP contribution in [0.1, 0.15) is 35.2 Å². The van der Waals surface area contributed by atoms with E-state index in [1.54, 1.807) is 23.7 Å². The highest BCUT2D eigenvalue weighted by atomic mass is 32.1. The van der Waals surface area contributed by atoms with Gasteiger partial charge in [-0.15, -0.1) is 0 Å². The molecule has 2 N–H and O–H groups in total. The van der Waals surface area contributed by atoms with Crippen LogP contribution in [0.5, 0.6) is 0 Å². The van der Waals surface area contributed by atoms with Crippen LogP contribution in [0, 0.1) is 6.92 Å². The molecule has 2 aromatic heterocycles. The molecule has 1 amide bonds. The lowest BCUT2D eigenvalue weighted by Gasteiger charge is -2.22. The van der Waals surface area contributed by atoms with E-state index < -0.39 is 0 Å². The van der Waals surface area contributed by atoms with Gasteiger partial charge in [0, 0.05) is 12.1 Å². The maximum absolute atomic E-state index is 13.2. The number of carbonyl (C=O) groups is 1. The van der Waals surface area contributed by atoms with Crippen LogP contribution in [0.3, 0.4) is 0 Å². The van der Waals surface area contributed by atoms with Crippen LogP contribution >= 0.6 is 11.3 Å². The van der Waals surface area contributed by atoms with Gasteiger partial charge in [-0.3, -0.25) is 4.79 Å². The maximum Gasteiger partial charge on any atom is 0.253 e. The average molecular weight is 419 g/mol. The van der Waals surface area contributed by atoms with Gasteiger partial charge in [-0.25, -0.2) is 4.98 Å². The molecule has 8 heteroatoms. The molecule has 0 spiro atoms. The number of aryl methyl sites for hydroxylation is 1. The summed E-state index contributed by atoms with van der Waals surface area (Å²) in [5.41, 5.74) is 3.28. The molecular weight excluding hydrogens is 396 g/mol. The quantitative estimate of drug-likeness (QED) is 0.513. The third kappa shape index (κ3) is 3.66. The molecule has 152 valence electrons. The van der Waals surface area contributed by atoms with Gasteiger partial charge in [-0.1, -0.05) is 35.1 Å². The molecule has 2 heterocycles. The highest BCUT2D eigenvalue weighted by Gasteiger charge is 2.30. The van der Waals surface area contributed by atoms with Crippen molar-refractivity contribution in [2.75, 3.05) is 5.32 Å². The molecular formula is C22H22N6OS. The number of rotatable bonds is 5. The number of carbonyl (C=O) groups excluding carboxylic acids is 1. The van der Waals surface area contributed by atoms with E-state index in [1.807, 2.05) is 43.3 Å². The third-order valence-corrected chi connectivity index (χ3v) is 6.43. The van der Waals surface area contributed by atoms with E-state index >= 15 is 0 Å². The molecule has 0 saturated heterocycles. The molecule has 7 nitrogen and oxygen atoms in total. The van der Waals surface area contributed by atoms with Crippen molar-refractivity contribution in [3.63, 3.8) is 0 Å². The number of para-hydroxylation sites is 1. The van der Waals surface area contributed by atoms with Crippen molar-refractivity contribution in [2.45, 2.75) is 38.3 Å². The van der Waals surface area contributed by atoms with Crippen LogP contribution in [0.15, 0.2) is 54.9 Å². The van der Waals surface area contributed by atoms with Crippen molar-refractivity contribution in [3.8, 4) is 5.69 Å². The Morgan fingerprint density at radius 1 is 1.10 bits per heavy atom. The zero-order valence-corrected chi connectivity index (χ0v) is 17.4. The Bertz CT molecular complexity index is 1150.